The van der Waals surface area contributed by atoms with Crippen LogP contribution in [0.5, 0.6) is 0 Å². The van der Waals surface area contributed by atoms with Crippen molar-refractivity contribution < 1.29 is 9.47 Å². The number of hydrogen-bond acceptors (Lipinski definition) is 2. The SMILES string of the molecule is CCCCCCC(C#CCC1CCCO1)OCc1ccccc1. The molecular formula is C21H30O2. The number of unbranched alkanes of at least 4 members (excludes halogenated alkanes) is 3. The largest absolute Gasteiger partial charge is 0.377 e. The lowest BCUT2D eigenvalue weighted by atomic mass is 10.1. The lowest BCUT2D eigenvalue weighted by Crippen LogP contribution is -2.11. The molecule has 1 aliphatic heterocycles. The van der Waals surface area contributed by atoms with Gasteiger partial charge in [-0.15, -0.1) is 0 Å². The van der Waals surface area contributed by atoms with Crippen LogP contribution < -0.4 is 0 Å². The summed E-state index contributed by atoms with van der Waals surface area (Å²) in [6.07, 6.45) is 9.64. The first-order valence-corrected chi connectivity index (χ1v) is 9.14. The van der Waals surface area contributed by atoms with E-state index in [0.29, 0.717) is 12.7 Å². The van der Waals surface area contributed by atoms with E-state index in [1.54, 1.807) is 0 Å². The molecule has 1 aromatic carbocycles. The van der Waals surface area contributed by atoms with Gasteiger partial charge in [0.05, 0.1) is 12.7 Å². The topological polar surface area (TPSA) is 18.5 Å². The molecule has 0 spiro atoms. The lowest BCUT2D eigenvalue weighted by molar-refractivity contribution is 0.0706. The van der Waals surface area contributed by atoms with Crippen molar-refractivity contribution in [2.75, 3.05) is 6.61 Å². The number of benzene rings is 1. The summed E-state index contributed by atoms with van der Waals surface area (Å²) < 4.78 is 11.7. The van der Waals surface area contributed by atoms with E-state index >= 15 is 0 Å². The molecule has 0 aliphatic carbocycles. The average molecular weight is 314 g/mol. The number of hydrogen-bond donors (Lipinski definition) is 0. The van der Waals surface area contributed by atoms with E-state index in [0.717, 1.165) is 25.9 Å². The Morgan fingerprint density at radius 1 is 1.22 bits per heavy atom. The molecule has 1 aromatic rings. The average Bonchev–Trinajstić information content (AvgIpc) is 3.10. The molecule has 2 heteroatoms. The maximum absolute atomic E-state index is 6.06. The summed E-state index contributed by atoms with van der Waals surface area (Å²) in [4.78, 5) is 0. The van der Waals surface area contributed by atoms with E-state index in [2.05, 4.69) is 43.0 Å². The summed E-state index contributed by atoms with van der Waals surface area (Å²) in [6, 6.07) is 10.4. The van der Waals surface area contributed by atoms with Crippen molar-refractivity contribution >= 4 is 0 Å². The van der Waals surface area contributed by atoms with E-state index in [4.69, 9.17) is 9.47 Å². The van der Waals surface area contributed by atoms with E-state index < -0.39 is 0 Å². The molecule has 23 heavy (non-hydrogen) atoms. The van der Waals surface area contributed by atoms with Gasteiger partial charge in [-0.2, -0.15) is 0 Å². The van der Waals surface area contributed by atoms with Crippen LogP contribution in [0.2, 0.25) is 0 Å². The molecule has 1 saturated heterocycles. The summed E-state index contributed by atoms with van der Waals surface area (Å²) in [5.41, 5.74) is 1.21. The molecule has 0 bridgehead atoms. The third-order valence-electron chi connectivity index (χ3n) is 4.23. The van der Waals surface area contributed by atoms with Gasteiger partial charge in [0.25, 0.3) is 0 Å². The monoisotopic (exact) mass is 314 g/mol. The fourth-order valence-corrected chi connectivity index (χ4v) is 2.82. The van der Waals surface area contributed by atoms with Gasteiger partial charge >= 0.3 is 0 Å². The number of ether oxygens (including phenoxy) is 2. The predicted molar refractivity (Wildman–Crippen MR) is 95.1 cm³/mol. The summed E-state index contributed by atoms with van der Waals surface area (Å²) >= 11 is 0. The van der Waals surface area contributed by atoms with Gasteiger partial charge in [0.2, 0.25) is 0 Å². The summed E-state index contributed by atoms with van der Waals surface area (Å²) in [6.45, 7) is 3.79. The van der Waals surface area contributed by atoms with Crippen molar-refractivity contribution in [3.8, 4) is 11.8 Å². The molecule has 0 N–H and O–H groups in total. The molecule has 2 unspecified atom stereocenters. The smallest absolute Gasteiger partial charge is 0.118 e. The predicted octanol–water partition coefficient (Wildman–Crippen LogP) is 5.11. The second kappa shape index (κ2) is 11.3. The Kier molecular flexibility index (Phi) is 8.84. The highest BCUT2D eigenvalue weighted by Crippen LogP contribution is 2.15. The molecule has 0 radical (unpaired) electrons. The van der Waals surface area contributed by atoms with Crippen LogP contribution in [0.1, 0.15) is 63.9 Å². The maximum Gasteiger partial charge on any atom is 0.118 e. The van der Waals surface area contributed by atoms with Crippen molar-refractivity contribution in [1.82, 2.24) is 0 Å². The normalized spacial score (nSPS) is 18.4. The van der Waals surface area contributed by atoms with Crippen LogP contribution in [-0.4, -0.2) is 18.8 Å². The molecule has 1 fully saturated rings. The van der Waals surface area contributed by atoms with Crippen LogP contribution in [-0.2, 0) is 16.1 Å². The second-order valence-corrected chi connectivity index (χ2v) is 6.29. The van der Waals surface area contributed by atoms with E-state index in [9.17, 15) is 0 Å². The maximum atomic E-state index is 6.06. The van der Waals surface area contributed by atoms with E-state index in [1.165, 1.54) is 37.7 Å². The zero-order chi connectivity index (χ0) is 16.2. The third-order valence-corrected chi connectivity index (χ3v) is 4.23. The minimum atomic E-state index is 0.0495. The van der Waals surface area contributed by atoms with Gasteiger partial charge in [-0.25, -0.2) is 0 Å². The van der Waals surface area contributed by atoms with Gasteiger partial charge in [-0.1, -0.05) is 68.4 Å². The van der Waals surface area contributed by atoms with Crippen LogP contribution in [0.15, 0.2) is 30.3 Å². The van der Waals surface area contributed by atoms with Gasteiger partial charge in [-0.3, -0.25) is 0 Å². The van der Waals surface area contributed by atoms with Crippen LogP contribution in [0, 0.1) is 11.8 Å². The van der Waals surface area contributed by atoms with Gasteiger partial charge in [0.1, 0.15) is 6.10 Å². The first-order valence-electron chi connectivity index (χ1n) is 9.14. The molecule has 0 saturated carbocycles. The lowest BCUT2D eigenvalue weighted by Gasteiger charge is -2.13. The highest BCUT2D eigenvalue weighted by atomic mass is 16.5. The van der Waals surface area contributed by atoms with Crippen LogP contribution >= 0.6 is 0 Å². The summed E-state index contributed by atoms with van der Waals surface area (Å²) in [5, 5.41) is 0. The quantitative estimate of drug-likeness (QED) is 0.465. The van der Waals surface area contributed by atoms with Crippen LogP contribution in [0.25, 0.3) is 0 Å². The molecule has 2 atom stereocenters. The first-order chi connectivity index (χ1) is 11.4. The van der Waals surface area contributed by atoms with E-state index in [-0.39, 0.29) is 6.10 Å². The molecule has 2 nitrogen and oxygen atoms in total. The molecule has 1 heterocycles. The summed E-state index contributed by atoms with van der Waals surface area (Å²) in [5.74, 6) is 6.65. The van der Waals surface area contributed by atoms with Crippen molar-refractivity contribution in [2.45, 2.75) is 77.1 Å². The second-order valence-electron chi connectivity index (χ2n) is 6.29. The fourth-order valence-electron chi connectivity index (χ4n) is 2.82. The third kappa shape index (κ3) is 7.68. The Hall–Kier alpha value is -1.30. The molecule has 0 aromatic heterocycles. The van der Waals surface area contributed by atoms with Crippen molar-refractivity contribution in [2.24, 2.45) is 0 Å². The Morgan fingerprint density at radius 2 is 2.09 bits per heavy atom. The van der Waals surface area contributed by atoms with Crippen molar-refractivity contribution in [1.29, 1.82) is 0 Å². The Balaban J connectivity index is 1.79. The minimum Gasteiger partial charge on any atom is -0.377 e. The Bertz CT molecular complexity index is 466. The van der Waals surface area contributed by atoms with Gasteiger partial charge in [0, 0.05) is 13.0 Å². The first kappa shape index (κ1) is 18.0. The van der Waals surface area contributed by atoms with Crippen LogP contribution in [0.4, 0.5) is 0 Å². The van der Waals surface area contributed by atoms with E-state index in [1.807, 2.05) is 6.07 Å². The highest BCUT2D eigenvalue weighted by molar-refractivity contribution is 5.14. The van der Waals surface area contributed by atoms with Crippen molar-refractivity contribution in [3.05, 3.63) is 35.9 Å². The standard InChI is InChI=1S/C21H30O2/c1-2-3-4-8-13-21(15-9-14-20-16-10-17-22-20)23-18-19-11-6-5-7-12-19/h5-7,11-12,20-21H,2-4,8,10,13-14,16-18H2,1H3. The fraction of sp³-hybridized carbons (Fsp3) is 0.619. The Morgan fingerprint density at radius 3 is 2.83 bits per heavy atom. The molecule has 1 aliphatic rings. The number of rotatable bonds is 9. The van der Waals surface area contributed by atoms with Crippen LogP contribution in [0.3, 0.4) is 0 Å². The molecule has 2 rings (SSSR count). The minimum absolute atomic E-state index is 0.0495. The molecular weight excluding hydrogens is 284 g/mol. The molecule has 126 valence electrons. The Labute approximate surface area is 141 Å². The zero-order valence-corrected chi connectivity index (χ0v) is 14.4. The van der Waals surface area contributed by atoms with Gasteiger partial charge in [0.15, 0.2) is 0 Å². The van der Waals surface area contributed by atoms with Gasteiger partial charge < -0.3 is 9.47 Å². The highest BCUT2D eigenvalue weighted by Gasteiger charge is 2.13. The van der Waals surface area contributed by atoms with Gasteiger partial charge in [-0.05, 0) is 31.2 Å². The molecule has 0 amide bonds. The zero-order valence-electron chi connectivity index (χ0n) is 14.4. The van der Waals surface area contributed by atoms with Crippen molar-refractivity contribution in [3.63, 3.8) is 0 Å². The summed E-state index contributed by atoms with van der Waals surface area (Å²) in [7, 11) is 0.